The van der Waals surface area contributed by atoms with Crippen LogP contribution in [0.4, 0.5) is 0 Å². The number of hydrogen-bond donors (Lipinski definition) is 1. The molecule has 1 aliphatic rings. The fraction of sp³-hybridized carbons (Fsp3) is 0.471. The SMILES string of the molecule is CCCN1NC(CC)=C(C(=O)OC)C1Cc1ccc(Br)cc1. The number of nitrogens with zero attached hydrogens (tertiary/aromatic N) is 1. The maximum atomic E-state index is 12.2. The highest BCUT2D eigenvalue weighted by Crippen LogP contribution is 2.27. The van der Waals surface area contributed by atoms with E-state index in [0.29, 0.717) is 0 Å². The lowest BCUT2D eigenvalue weighted by Crippen LogP contribution is -2.41. The first kappa shape index (κ1) is 17.0. The molecule has 0 saturated heterocycles. The number of allylic oxidation sites excluding steroid dienone is 1. The van der Waals surface area contributed by atoms with Gasteiger partial charge in [0, 0.05) is 16.7 Å². The molecule has 1 unspecified atom stereocenters. The number of nitrogens with one attached hydrogen (secondary N) is 1. The van der Waals surface area contributed by atoms with Crippen molar-refractivity contribution in [2.24, 2.45) is 0 Å². The van der Waals surface area contributed by atoms with E-state index in [9.17, 15) is 4.79 Å². The Hall–Kier alpha value is -1.33. The number of ether oxygens (including phenoxy) is 1. The Balaban J connectivity index is 2.29. The zero-order chi connectivity index (χ0) is 16.1. The molecule has 0 spiro atoms. The van der Waals surface area contributed by atoms with Crippen LogP contribution in [0.25, 0.3) is 0 Å². The van der Waals surface area contributed by atoms with Gasteiger partial charge in [-0.2, -0.15) is 0 Å². The summed E-state index contributed by atoms with van der Waals surface area (Å²) >= 11 is 3.46. The van der Waals surface area contributed by atoms with E-state index in [1.807, 2.05) is 12.1 Å². The third-order valence-corrected chi connectivity index (χ3v) is 4.41. The van der Waals surface area contributed by atoms with Crippen molar-refractivity contribution in [3.63, 3.8) is 0 Å². The predicted molar refractivity (Wildman–Crippen MR) is 91.1 cm³/mol. The maximum absolute atomic E-state index is 12.2. The van der Waals surface area contributed by atoms with Crippen LogP contribution in [0.5, 0.6) is 0 Å². The number of carbonyl (C=O) groups excluding carboxylic acids is 1. The van der Waals surface area contributed by atoms with Crippen LogP contribution >= 0.6 is 15.9 Å². The first-order valence-corrected chi connectivity index (χ1v) is 8.49. The molecule has 0 bridgehead atoms. The van der Waals surface area contributed by atoms with Crippen LogP contribution in [0, 0.1) is 0 Å². The summed E-state index contributed by atoms with van der Waals surface area (Å²) in [7, 11) is 1.45. The highest BCUT2D eigenvalue weighted by molar-refractivity contribution is 9.10. The molecule has 0 fully saturated rings. The van der Waals surface area contributed by atoms with Crippen molar-refractivity contribution >= 4 is 21.9 Å². The number of methoxy groups -OCH3 is 1. The number of esters is 1. The van der Waals surface area contributed by atoms with Crippen LogP contribution in [0.15, 0.2) is 40.0 Å². The molecule has 1 heterocycles. The Morgan fingerprint density at radius 3 is 2.55 bits per heavy atom. The number of hydrogen-bond acceptors (Lipinski definition) is 4. The molecule has 0 saturated carbocycles. The first-order chi connectivity index (χ1) is 10.6. The van der Waals surface area contributed by atoms with Gasteiger partial charge in [0.1, 0.15) is 0 Å². The minimum atomic E-state index is -0.231. The Morgan fingerprint density at radius 2 is 2.00 bits per heavy atom. The lowest BCUT2D eigenvalue weighted by Gasteiger charge is -2.25. The van der Waals surface area contributed by atoms with Gasteiger partial charge in [-0.1, -0.05) is 41.9 Å². The highest BCUT2D eigenvalue weighted by atomic mass is 79.9. The number of rotatable bonds is 6. The fourth-order valence-corrected chi connectivity index (χ4v) is 3.08. The summed E-state index contributed by atoms with van der Waals surface area (Å²) < 4.78 is 6.07. The Bertz CT molecular complexity index is 554. The molecule has 0 radical (unpaired) electrons. The summed E-state index contributed by atoms with van der Waals surface area (Å²) in [5.74, 6) is -0.231. The molecule has 0 amide bonds. The molecule has 2 rings (SSSR count). The predicted octanol–water partition coefficient (Wildman–Crippen LogP) is 3.43. The number of halogens is 1. The molecule has 1 N–H and O–H groups in total. The standard InChI is InChI=1S/C17H23BrN2O2/c1-4-10-20-15(11-12-6-8-13(18)9-7-12)16(17(21)22-3)14(5-2)19-20/h6-9,15,19H,4-5,10-11H2,1-3H3. The molecule has 1 aromatic carbocycles. The highest BCUT2D eigenvalue weighted by Gasteiger charge is 2.36. The average molecular weight is 367 g/mol. The van der Waals surface area contributed by atoms with Gasteiger partial charge < -0.3 is 10.2 Å². The lowest BCUT2D eigenvalue weighted by molar-refractivity contribution is -0.136. The largest absolute Gasteiger partial charge is 0.466 e. The smallest absolute Gasteiger partial charge is 0.337 e. The fourth-order valence-electron chi connectivity index (χ4n) is 2.82. The maximum Gasteiger partial charge on any atom is 0.337 e. The third kappa shape index (κ3) is 3.70. The van der Waals surface area contributed by atoms with Crippen LogP contribution in [-0.4, -0.2) is 30.7 Å². The summed E-state index contributed by atoms with van der Waals surface area (Å²) in [5, 5.41) is 2.16. The summed E-state index contributed by atoms with van der Waals surface area (Å²) in [4.78, 5) is 12.2. The van der Waals surface area contributed by atoms with E-state index in [1.165, 1.54) is 12.7 Å². The Kier molecular flexibility index (Phi) is 6.03. The second kappa shape index (κ2) is 7.79. The zero-order valence-corrected chi connectivity index (χ0v) is 14.9. The molecule has 120 valence electrons. The Morgan fingerprint density at radius 1 is 1.32 bits per heavy atom. The lowest BCUT2D eigenvalue weighted by atomic mass is 9.97. The van der Waals surface area contributed by atoms with Crippen LogP contribution < -0.4 is 5.43 Å². The quantitative estimate of drug-likeness (QED) is 0.783. The number of hydrazine groups is 1. The monoisotopic (exact) mass is 366 g/mol. The molecule has 22 heavy (non-hydrogen) atoms. The van der Waals surface area contributed by atoms with Crippen LogP contribution in [-0.2, 0) is 16.0 Å². The normalized spacial score (nSPS) is 18.5. The van der Waals surface area contributed by atoms with Crippen molar-refractivity contribution in [3.8, 4) is 0 Å². The topological polar surface area (TPSA) is 41.6 Å². The molecule has 1 aliphatic heterocycles. The second-order valence-electron chi connectivity index (χ2n) is 5.39. The molecule has 5 heteroatoms. The van der Waals surface area contributed by atoms with Gasteiger partial charge in [-0.05, 0) is 37.0 Å². The van der Waals surface area contributed by atoms with E-state index in [1.54, 1.807) is 0 Å². The summed E-state index contributed by atoms with van der Waals surface area (Å²) in [5.41, 5.74) is 6.33. The molecule has 0 aromatic heterocycles. The van der Waals surface area contributed by atoms with E-state index in [-0.39, 0.29) is 12.0 Å². The van der Waals surface area contributed by atoms with Crippen LogP contribution in [0.1, 0.15) is 32.3 Å². The van der Waals surface area contributed by atoms with Gasteiger partial charge in [0.05, 0.1) is 18.7 Å². The van der Waals surface area contributed by atoms with Gasteiger partial charge in [0.25, 0.3) is 0 Å². The van der Waals surface area contributed by atoms with E-state index in [0.717, 1.165) is 41.6 Å². The van der Waals surface area contributed by atoms with Crippen molar-refractivity contribution in [3.05, 3.63) is 45.6 Å². The molecule has 1 atom stereocenters. The van der Waals surface area contributed by atoms with Gasteiger partial charge in [-0.25, -0.2) is 9.80 Å². The van der Waals surface area contributed by atoms with Crippen molar-refractivity contribution in [1.29, 1.82) is 0 Å². The van der Waals surface area contributed by atoms with Gasteiger partial charge in [-0.3, -0.25) is 0 Å². The summed E-state index contributed by atoms with van der Waals surface area (Å²) in [6.45, 7) is 5.09. The summed E-state index contributed by atoms with van der Waals surface area (Å²) in [6.07, 6.45) is 2.60. The zero-order valence-electron chi connectivity index (χ0n) is 13.4. The van der Waals surface area contributed by atoms with Crippen molar-refractivity contribution in [2.75, 3.05) is 13.7 Å². The van der Waals surface area contributed by atoms with E-state index < -0.39 is 0 Å². The van der Waals surface area contributed by atoms with E-state index in [4.69, 9.17) is 4.74 Å². The third-order valence-electron chi connectivity index (χ3n) is 3.88. The number of benzene rings is 1. The van der Waals surface area contributed by atoms with Crippen LogP contribution in [0.3, 0.4) is 0 Å². The minimum absolute atomic E-state index is 0.0172. The minimum Gasteiger partial charge on any atom is -0.466 e. The van der Waals surface area contributed by atoms with Crippen molar-refractivity contribution in [1.82, 2.24) is 10.4 Å². The van der Waals surface area contributed by atoms with Gasteiger partial charge >= 0.3 is 5.97 Å². The average Bonchev–Trinajstić information content (AvgIpc) is 2.87. The van der Waals surface area contributed by atoms with Gasteiger partial charge in [0.15, 0.2) is 0 Å². The van der Waals surface area contributed by atoms with Gasteiger partial charge in [0.2, 0.25) is 0 Å². The van der Waals surface area contributed by atoms with Crippen molar-refractivity contribution in [2.45, 2.75) is 39.2 Å². The first-order valence-electron chi connectivity index (χ1n) is 7.69. The van der Waals surface area contributed by atoms with E-state index >= 15 is 0 Å². The molecule has 0 aliphatic carbocycles. The van der Waals surface area contributed by atoms with Crippen molar-refractivity contribution < 1.29 is 9.53 Å². The Labute approximate surface area is 140 Å². The summed E-state index contributed by atoms with van der Waals surface area (Å²) in [6, 6.07) is 8.26. The molecular formula is C17H23BrN2O2. The molecular weight excluding hydrogens is 344 g/mol. The molecule has 4 nitrogen and oxygen atoms in total. The number of carbonyl (C=O) groups is 1. The second-order valence-corrected chi connectivity index (χ2v) is 6.30. The van der Waals surface area contributed by atoms with Crippen LogP contribution in [0.2, 0.25) is 0 Å². The van der Waals surface area contributed by atoms with E-state index in [2.05, 4.69) is 52.3 Å². The van der Waals surface area contributed by atoms with Gasteiger partial charge in [-0.15, -0.1) is 0 Å². The molecule has 1 aromatic rings.